The third-order valence-corrected chi connectivity index (χ3v) is 5.01. The third kappa shape index (κ3) is 4.28. The molecule has 0 radical (unpaired) electrons. The van der Waals surface area contributed by atoms with Crippen LogP contribution in [0.4, 0.5) is 0 Å². The van der Waals surface area contributed by atoms with Gasteiger partial charge in [-0.25, -0.2) is 0 Å². The fourth-order valence-corrected chi connectivity index (χ4v) is 3.40. The summed E-state index contributed by atoms with van der Waals surface area (Å²) in [6.07, 6.45) is 2.94. The Morgan fingerprint density at radius 2 is 1.88 bits per heavy atom. The number of nitrogens with zero attached hydrogens (tertiary/aromatic N) is 1. The predicted molar refractivity (Wildman–Crippen MR) is 91.6 cm³/mol. The van der Waals surface area contributed by atoms with Crippen LogP contribution in [-0.4, -0.2) is 42.5 Å². The maximum atomic E-state index is 12.3. The molecule has 2 fully saturated rings. The van der Waals surface area contributed by atoms with Crippen LogP contribution in [0.3, 0.4) is 0 Å². The first-order valence-corrected chi connectivity index (χ1v) is 8.94. The van der Waals surface area contributed by atoms with E-state index < -0.39 is 0 Å². The first-order chi connectivity index (χ1) is 11.6. The van der Waals surface area contributed by atoms with Gasteiger partial charge < -0.3 is 15.0 Å². The van der Waals surface area contributed by atoms with Gasteiger partial charge in [0.25, 0.3) is 5.91 Å². The van der Waals surface area contributed by atoms with Gasteiger partial charge in [0.1, 0.15) is 6.10 Å². The fraction of sp³-hybridized carbons (Fsp3) is 0.556. The molecule has 0 saturated carbocycles. The summed E-state index contributed by atoms with van der Waals surface area (Å²) < 4.78 is 5.46. The Morgan fingerprint density at radius 1 is 1.17 bits per heavy atom. The predicted octanol–water partition coefficient (Wildman–Crippen LogP) is 2.37. The SMILES string of the molecule is O=C(NCc1ccc(Cl)cc1)C1CCN(C(=O)C2CCCO2)CC1. The van der Waals surface area contributed by atoms with E-state index in [1.807, 2.05) is 29.2 Å². The first kappa shape index (κ1) is 17.2. The zero-order chi connectivity index (χ0) is 16.9. The summed E-state index contributed by atoms with van der Waals surface area (Å²) >= 11 is 5.85. The van der Waals surface area contributed by atoms with Crippen LogP contribution in [0.1, 0.15) is 31.2 Å². The van der Waals surface area contributed by atoms with Gasteiger partial charge in [-0.1, -0.05) is 23.7 Å². The third-order valence-electron chi connectivity index (χ3n) is 4.76. The van der Waals surface area contributed by atoms with Gasteiger partial charge in [0.2, 0.25) is 5.91 Å². The topological polar surface area (TPSA) is 58.6 Å². The largest absolute Gasteiger partial charge is 0.368 e. The van der Waals surface area contributed by atoms with Crippen molar-refractivity contribution in [3.63, 3.8) is 0 Å². The maximum Gasteiger partial charge on any atom is 0.251 e. The highest BCUT2D eigenvalue weighted by Gasteiger charge is 2.32. The molecule has 24 heavy (non-hydrogen) atoms. The van der Waals surface area contributed by atoms with E-state index in [1.165, 1.54) is 0 Å². The van der Waals surface area contributed by atoms with Gasteiger partial charge in [0.05, 0.1) is 0 Å². The van der Waals surface area contributed by atoms with Crippen molar-refractivity contribution in [1.82, 2.24) is 10.2 Å². The van der Waals surface area contributed by atoms with Gasteiger partial charge >= 0.3 is 0 Å². The second kappa shape index (κ2) is 7.99. The van der Waals surface area contributed by atoms with Crippen molar-refractivity contribution < 1.29 is 14.3 Å². The number of halogens is 1. The Kier molecular flexibility index (Phi) is 5.74. The quantitative estimate of drug-likeness (QED) is 0.907. The van der Waals surface area contributed by atoms with Crippen molar-refractivity contribution >= 4 is 23.4 Å². The Balaban J connectivity index is 1.43. The first-order valence-electron chi connectivity index (χ1n) is 8.56. The Hall–Kier alpha value is -1.59. The van der Waals surface area contributed by atoms with Crippen LogP contribution in [0, 0.1) is 5.92 Å². The molecule has 1 atom stereocenters. The Bertz CT molecular complexity index is 576. The highest BCUT2D eigenvalue weighted by molar-refractivity contribution is 6.30. The number of piperidine rings is 1. The summed E-state index contributed by atoms with van der Waals surface area (Å²) in [6.45, 7) is 2.46. The second-order valence-corrected chi connectivity index (χ2v) is 6.88. The number of benzene rings is 1. The number of hydrogen-bond donors (Lipinski definition) is 1. The van der Waals surface area contributed by atoms with E-state index in [0.29, 0.717) is 44.1 Å². The molecule has 5 nitrogen and oxygen atoms in total. The minimum absolute atomic E-state index is 0.0224. The second-order valence-electron chi connectivity index (χ2n) is 6.45. The number of carbonyl (C=O) groups excluding carboxylic acids is 2. The van der Waals surface area contributed by atoms with Crippen molar-refractivity contribution in [3.05, 3.63) is 34.9 Å². The van der Waals surface area contributed by atoms with E-state index in [0.717, 1.165) is 18.4 Å². The molecule has 0 spiro atoms. The van der Waals surface area contributed by atoms with Crippen LogP contribution in [-0.2, 0) is 20.9 Å². The van der Waals surface area contributed by atoms with E-state index >= 15 is 0 Å². The van der Waals surface area contributed by atoms with Gasteiger partial charge in [0.15, 0.2) is 0 Å². The minimum Gasteiger partial charge on any atom is -0.368 e. The summed E-state index contributed by atoms with van der Waals surface area (Å²) in [5.74, 6) is 0.132. The minimum atomic E-state index is -0.264. The standard InChI is InChI=1S/C18H23ClN2O3/c19-15-5-3-13(4-6-15)12-20-17(22)14-7-9-21(10-8-14)18(23)16-2-1-11-24-16/h3-6,14,16H,1-2,7-12H2,(H,20,22). The van der Waals surface area contributed by atoms with E-state index in [4.69, 9.17) is 16.3 Å². The van der Waals surface area contributed by atoms with Crippen molar-refractivity contribution in [2.24, 2.45) is 5.92 Å². The number of carbonyl (C=O) groups is 2. The van der Waals surface area contributed by atoms with Gasteiger partial charge in [-0.15, -0.1) is 0 Å². The van der Waals surface area contributed by atoms with Crippen LogP contribution in [0.2, 0.25) is 5.02 Å². The van der Waals surface area contributed by atoms with Crippen LogP contribution < -0.4 is 5.32 Å². The molecule has 1 N–H and O–H groups in total. The lowest BCUT2D eigenvalue weighted by Crippen LogP contribution is -2.46. The van der Waals surface area contributed by atoms with Crippen molar-refractivity contribution in [1.29, 1.82) is 0 Å². The van der Waals surface area contributed by atoms with Crippen molar-refractivity contribution in [2.45, 2.75) is 38.3 Å². The normalized spacial score (nSPS) is 21.7. The molecule has 130 valence electrons. The number of likely N-dealkylation sites (tertiary alicyclic amines) is 1. The zero-order valence-corrected chi connectivity index (χ0v) is 14.4. The summed E-state index contributed by atoms with van der Waals surface area (Å²) in [5, 5.41) is 3.67. The Labute approximate surface area is 147 Å². The van der Waals surface area contributed by atoms with Gasteiger partial charge in [-0.2, -0.15) is 0 Å². The van der Waals surface area contributed by atoms with Crippen LogP contribution >= 0.6 is 11.6 Å². The molecule has 1 unspecified atom stereocenters. The number of hydrogen-bond acceptors (Lipinski definition) is 3. The zero-order valence-electron chi connectivity index (χ0n) is 13.7. The molecule has 0 aromatic heterocycles. The molecule has 1 aromatic carbocycles. The average Bonchev–Trinajstić information content (AvgIpc) is 3.15. The van der Waals surface area contributed by atoms with Crippen molar-refractivity contribution in [3.8, 4) is 0 Å². The molecule has 2 saturated heterocycles. The smallest absolute Gasteiger partial charge is 0.251 e. The molecule has 2 aliphatic rings. The summed E-state index contributed by atoms with van der Waals surface area (Å²) in [7, 11) is 0. The van der Waals surface area contributed by atoms with Gasteiger partial charge in [-0.05, 0) is 43.4 Å². The molecule has 2 heterocycles. The van der Waals surface area contributed by atoms with E-state index in [1.54, 1.807) is 0 Å². The lowest BCUT2D eigenvalue weighted by atomic mass is 9.95. The molecule has 2 amide bonds. The molecule has 2 aliphatic heterocycles. The molecule has 0 aliphatic carbocycles. The molecular weight excluding hydrogens is 328 g/mol. The highest BCUT2D eigenvalue weighted by Crippen LogP contribution is 2.21. The lowest BCUT2D eigenvalue weighted by Gasteiger charge is -2.32. The van der Waals surface area contributed by atoms with Gasteiger partial charge in [-0.3, -0.25) is 9.59 Å². The summed E-state index contributed by atoms with van der Waals surface area (Å²) in [6, 6.07) is 7.45. The fourth-order valence-electron chi connectivity index (χ4n) is 3.27. The van der Waals surface area contributed by atoms with E-state index in [9.17, 15) is 9.59 Å². The molecule has 0 bridgehead atoms. The van der Waals surface area contributed by atoms with Crippen LogP contribution in [0.25, 0.3) is 0 Å². The van der Waals surface area contributed by atoms with Gasteiger partial charge in [0, 0.05) is 37.2 Å². The summed E-state index contributed by atoms with van der Waals surface area (Å²) in [5.41, 5.74) is 1.03. The van der Waals surface area contributed by atoms with E-state index in [-0.39, 0.29) is 23.8 Å². The average molecular weight is 351 g/mol. The van der Waals surface area contributed by atoms with Crippen LogP contribution in [0.15, 0.2) is 24.3 Å². The Morgan fingerprint density at radius 3 is 2.50 bits per heavy atom. The lowest BCUT2D eigenvalue weighted by molar-refractivity contribution is -0.143. The monoisotopic (exact) mass is 350 g/mol. The van der Waals surface area contributed by atoms with Crippen LogP contribution in [0.5, 0.6) is 0 Å². The number of rotatable bonds is 4. The number of amides is 2. The maximum absolute atomic E-state index is 12.3. The highest BCUT2D eigenvalue weighted by atomic mass is 35.5. The number of nitrogens with one attached hydrogen (secondary N) is 1. The molecule has 3 rings (SSSR count). The van der Waals surface area contributed by atoms with Crippen molar-refractivity contribution in [2.75, 3.05) is 19.7 Å². The number of ether oxygens (including phenoxy) is 1. The molecular formula is C18H23ClN2O3. The molecule has 1 aromatic rings. The molecule has 6 heteroatoms. The summed E-state index contributed by atoms with van der Waals surface area (Å²) in [4.78, 5) is 26.5. The van der Waals surface area contributed by atoms with E-state index in [2.05, 4.69) is 5.32 Å².